The standard InChI is InChI=1S/C14H30N2O/c1-5-14(17,6-2)11-16-10-8-7-9-13(16)12(3)15-4/h12-13,15,17H,5-11H2,1-4H3. The van der Waals surface area contributed by atoms with Gasteiger partial charge in [-0.25, -0.2) is 0 Å². The second-order valence-electron chi connectivity index (χ2n) is 5.54. The lowest BCUT2D eigenvalue weighted by molar-refractivity contribution is -0.0271. The van der Waals surface area contributed by atoms with Crippen molar-refractivity contribution in [1.82, 2.24) is 10.2 Å². The molecule has 1 aliphatic heterocycles. The maximum absolute atomic E-state index is 10.5. The molecule has 2 unspecified atom stereocenters. The van der Waals surface area contributed by atoms with Crippen LogP contribution >= 0.6 is 0 Å². The van der Waals surface area contributed by atoms with Crippen molar-refractivity contribution in [3.63, 3.8) is 0 Å². The summed E-state index contributed by atoms with van der Waals surface area (Å²) in [6.45, 7) is 8.39. The normalized spacial score (nSPS) is 24.9. The summed E-state index contributed by atoms with van der Waals surface area (Å²) in [4.78, 5) is 2.50. The highest BCUT2D eigenvalue weighted by Crippen LogP contribution is 2.24. The number of nitrogens with zero attached hydrogens (tertiary/aromatic N) is 1. The quantitative estimate of drug-likeness (QED) is 0.748. The van der Waals surface area contributed by atoms with Gasteiger partial charge in [0.25, 0.3) is 0 Å². The minimum Gasteiger partial charge on any atom is -0.389 e. The van der Waals surface area contributed by atoms with Gasteiger partial charge < -0.3 is 10.4 Å². The van der Waals surface area contributed by atoms with Crippen molar-refractivity contribution in [3.05, 3.63) is 0 Å². The highest BCUT2D eigenvalue weighted by molar-refractivity contribution is 4.89. The molecule has 0 aromatic rings. The van der Waals surface area contributed by atoms with Gasteiger partial charge in [-0.2, -0.15) is 0 Å². The monoisotopic (exact) mass is 242 g/mol. The lowest BCUT2D eigenvalue weighted by Crippen LogP contribution is -2.55. The predicted molar refractivity (Wildman–Crippen MR) is 73.3 cm³/mol. The molecule has 0 aromatic heterocycles. The highest BCUT2D eigenvalue weighted by atomic mass is 16.3. The molecule has 1 rings (SSSR count). The van der Waals surface area contributed by atoms with Crippen molar-refractivity contribution in [1.29, 1.82) is 0 Å². The van der Waals surface area contributed by atoms with Gasteiger partial charge in [-0.05, 0) is 46.2 Å². The van der Waals surface area contributed by atoms with Crippen molar-refractivity contribution in [3.8, 4) is 0 Å². The number of β-amino-alcohol motifs (C(OH)–C–C–N with tert-alkyl or cyclic N) is 1. The lowest BCUT2D eigenvalue weighted by Gasteiger charge is -2.43. The molecule has 0 radical (unpaired) electrons. The summed E-state index contributed by atoms with van der Waals surface area (Å²) < 4.78 is 0. The number of likely N-dealkylation sites (tertiary alicyclic amines) is 1. The number of piperidine rings is 1. The van der Waals surface area contributed by atoms with Crippen molar-refractivity contribution in [2.24, 2.45) is 0 Å². The van der Waals surface area contributed by atoms with E-state index in [1.54, 1.807) is 0 Å². The van der Waals surface area contributed by atoms with Gasteiger partial charge >= 0.3 is 0 Å². The summed E-state index contributed by atoms with van der Waals surface area (Å²) in [5.74, 6) is 0. The van der Waals surface area contributed by atoms with Gasteiger partial charge in [0.1, 0.15) is 0 Å². The zero-order valence-corrected chi connectivity index (χ0v) is 12.0. The fourth-order valence-electron chi connectivity index (χ4n) is 2.82. The first-order chi connectivity index (χ1) is 8.06. The van der Waals surface area contributed by atoms with Crippen LogP contribution in [-0.4, -0.2) is 47.8 Å². The Balaban J connectivity index is 2.65. The van der Waals surface area contributed by atoms with Gasteiger partial charge in [0.05, 0.1) is 5.60 Å². The molecule has 3 nitrogen and oxygen atoms in total. The van der Waals surface area contributed by atoms with E-state index in [1.165, 1.54) is 19.3 Å². The molecule has 0 saturated carbocycles. The third-order valence-corrected chi connectivity index (χ3v) is 4.51. The third-order valence-electron chi connectivity index (χ3n) is 4.51. The molecule has 1 saturated heterocycles. The van der Waals surface area contributed by atoms with E-state index in [0.29, 0.717) is 12.1 Å². The van der Waals surface area contributed by atoms with Gasteiger partial charge in [-0.15, -0.1) is 0 Å². The average molecular weight is 242 g/mol. The third kappa shape index (κ3) is 3.94. The minimum atomic E-state index is -0.497. The van der Waals surface area contributed by atoms with Crippen LogP contribution in [-0.2, 0) is 0 Å². The summed E-state index contributed by atoms with van der Waals surface area (Å²) in [6, 6.07) is 1.09. The molecular formula is C14H30N2O. The zero-order valence-electron chi connectivity index (χ0n) is 12.0. The fourth-order valence-corrected chi connectivity index (χ4v) is 2.82. The van der Waals surface area contributed by atoms with Crippen LogP contribution in [0.3, 0.4) is 0 Å². The molecule has 1 aliphatic rings. The first-order valence-electron chi connectivity index (χ1n) is 7.20. The first-order valence-corrected chi connectivity index (χ1v) is 7.20. The van der Waals surface area contributed by atoms with E-state index in [9.17, 15) is 5.11 Å². The van der Waals surface area contributed by atoms with Gasteiger partial charge in [0.2, 0.25) is 0 Å². The summed E-state index contributed by atoms with van der Waals surface area (Å²) in [7, 11) is 2.03. The Bertz CT molecular complexity index is 216. The summed E-state index contributed by atoms with van der Waals surface area (Å²) in [6.07, 6.45) is 5.55. The van der Waals surface area contributed by atoms with Crippen LogP contribution < -0.4 is 5.32 Å². The molecule has 3 heteroatoms. The van der Waals surface area contributed by atoms with Crippen LogP contribution in [0.15, 0.2) is 0 Å². The molecule has 0 amide bonds. The van der Waals surface area contributed by atoms with Crippen LogP contribution in [0.25, 0.3) is 0 Å². The molecule has 1 fully saturated rings. The molecule has 0 aliphatic carbocycles. The minimum absolute atomic E-state index is 0.497. The Labute approximate surface area is 107 Å². The second kappa shape index (κ2) is 6.72. The molecule has 2 atom stereocenters. The summed E-state index contributed by atoms with van der Waals surface area (Å²) >= 11 is 0. The van der Waals surface area contributed by atoms with E-state index < -0.39 is 5.60 Å². The average Bonchev–Trinajstić information content (AvgIpc) is 2.38. The molecule has 0 spiro atoms. The van der Waals surface area contributed by atoms with Crippen LogP contribution in [0.4, 0.5) is 0 Å². The van der Waals surface area contributed by atoms with E-state index in [4.69, 9.17) is 0 Å². The molecular weight excluding hydrogens is 212 g/mol. The first kappa shape index (κ1) is 14.9. The number of hydrogen-bond acceptors (Lipinski definition) is 3. The van der Waals surface area contributed by atoms with Crippen molar-refractivity contribution >= 4 is 0 Å². The van der Waals surface area contributed by atoms with Gasteiger partial charge in [0.15, 0.2) is 0 Å². The smallest absolute Gasteiger partial charge is 0.0769 e. The second-order valence-corrected chi connectivity index (χ2v) is 5.54. The maximum atomic E-state index is 10.5. The Morgan fingerprint density at radius 2 is 2.00 bits per heavy atom. The molecule has 1 heterocycles. The summed E-state index contributed by atoms with van der Waals surface area (Å²) in [5.41, 5.74) is -0.497. The van der Waals surface area contributed by atoms with E-state index in [0.717, 1.165) is 25.9 Å². The van der Waals surface area contributed by atoms with Crippen LogP contribution in [0, 0.1) is 0 Å². The number of aliphatic hydroxyl groups is 1. The number of nitrogens with one attached hydrogen (secondary N) is 1. The molecule has 0 bridgehead atoms. The van der Waals surface area contributed by atoms with Crippen LogP contribution in [0.5, 0.6) is 0 Å². The van der Waals surface area contributed by atoms with Gasteiger partial charge in [0, 0.05) is 18.6 Å². The molecule has 102 valence electrons. The Morgan fingerprint density at radius 3 is 2.53 bits per heavy atom. The van der Waals surface area contributed by atoms with E-state index in [1.807, 2.05) is 7.05 Å². The maximum Gasteiger partial charge on any atom is 0.0769 e. The van der Waals surface area contributed by atoms with E-state index in [-0.39, 0.29) is 0 Å². The van der Waals surface area contributed by atoms with Gasteiger partial charge in [-0.3, -0.25) is 4.90 Å². The fraction of sp³-hybridized carbons (Fsp3) is 1.00. The topological polar surface area (TPSA) is 35.5 Å². The van der Waals surface area contributed by atoms with E-state index in [2.05, 4.69) is 31.0 Å². The largest absolute Gasteiger partial charge is 0.389 e. The Morgan fingerprint density at radius 1 is 1.35 bits per heavy atom. The predicted octanol–water partition coefficient (Wildman–Crippen LogP) is 2.00. The Kier molecular flexibility index (Phi) is 5.90. The SMILES string of the molecule is CCC(O)(CC)CN1CCCCC1C(C)NC. The van der Waals surface area contributed by atoms with Crippen LogP contribution in [0.2, 0.25) is 0 Å². The Hall–Kier alpha value is -0.120. The number of hydrogen-bond donors (Lipinski definition) is 2. The van der Waals surface area contributed by atoms with Crippen molar-refractivity contribution in [2.75, 3.05) is 20.1 Å². The van der Waals surface area contributed by atoms with Gasteiger partial charge in [-0.1, -0.05) is 20.3 Å². The number of rotatable bonds is 6. The van der Waals surface area contributed by atoms with Crippen molar-refractivity contribution < 1.29 is 5.11 Å². The lowest BCUT2D eigenvalue weighted by atomic mass is 9.91. The van der Waals surface area contributed by atoms with Crippen LogP contribution in [0.1, 0.15) is 52.9 Å². The molecule has 17 heavy (non-hydrogen) atoms. The van der Waals surface area contributed by atoms with E-state index >= 15 is 0 Å². The van der Waals surface area contributed by atoms with Crippen molar-refractivity contribution in [2.45, 2.75) is 70.6 Å². The zero-order chi connectivity index (χ0) is 12.9. The molecule has 2 N–H and O–H groups in total. The number of likely N-dealkylation sites (N-methyl/N-ethyl adjacent to an activating group) is 1. The summed E-state index contributed by atoms with van der Waals surface area (Å²) in [5, 5.41) is 13.9. The highest BCUT2D eigenvalue weighted by Gasteiger charge is 2.32. The molecule has 0 aromatic carbocycles.